The number of nitrogens with zero attached hydrogens (tertiary/aromatic N) is 3. The summed E-state index contributed by atoms with van der Waals surface area (Å²) in [6.07, 6.45) is 5.54. The van der Waals surface area contributed by atoms with E-state index in [-0.39, 0.29) is 5.91 Å². The van der Waals surface area contributed by atoms with Gasteiger partial charge in [-0.05, 0) is 12.1 Å². The van der Waals surface area contributed by atoms with Gasteiger partial charge in [-0.2, -0.15) is 5.10 Å². The van der Waals surface area contributed by atoms with E-state index in [2.05, 4.69) is 25.5 Å². The quantitative estimate of drug-likeness (QED) is 0.748. The van der Waals surface area contributed by atoms with Crippen LogP contribution in [0.15, 0.2) is 35.7 Å². The van der Waals surface area contributed by atoms with Crippen molar-refractivity contribution in [2.75, 3.05) is 12.3 Å². The van der Waals surface area contributed by atoms with Crippen LogP contribution in [0.5, 0.6) is 0 Å². The van der Waals surface area contributed by atoms with Crippen molar-refractivity contribution in [1.29, 1.82) is 0 Å². The summed E-state index contributed by atoms with van der Waals surface area (Å²) in [5.41, 5.74) is 0. The summed E-state index contributed by atoms with van der Waals surface area (Å²) in [6, 6.07) is 3.76. The van der Waals surface area contributed by atoms with Crippen molar-refractivity contribution in [3.05, 3.63) is 36.7 Å². The molecule has 0 aromatic carbocycles. The summed E-state index contributed by atoms with van der Waals surface area (Å²) in [5.74, 6) is 1.19. The fourth-order valence-electron chi connectivity index (χ4n) is 1.31. The van der Waals surface area contributed by atoms with Crippen molar-refractivity contribution in [2.24, 2.45) is 0 Å². The number of carbonyl (C=O) groups excluding carboxylic acids is 1. The second kappa shape index (κ2) is 6.75. The molecule has 0 atom stereocenters. The summed E-state index contributed by atoms with van der Waals surface area (Å²) < 4.78 is 0. The monoisotopic (exact) mass is 263 g/mol. The second-order valence-electron chi connectivity index (χ2n) is 3.50. The highest BCUT2D eigenvalue weighted by molar-refractivity contribution is 8.00. The number of aromatic nitrogens is 4. The van der Waals surface area contributed by atoms with Crippen LogP contribution in [0, 0.1) is 0 Å². The second-order valence-corrected chi connectivity index (χ2v) is 4.55. The number of amides is 1. The predicted octanol–water partition coefficient (Wildman–Crippen LogP) is 0.651. The fraction of sp³-hybridized carbons (Fsp3) is 0.273. The highest BCUT2D eigenvalue weighted by Gasteiger charge is 2.03. The maximum absolute atomic E-state index is 11.6. The molecule has 0 spiro atoms. The van der Waals surface area contributed by atoms with Crippen molar-refractivity contribution < 1.29 is 4.79 Å². The average molecular weight is 263 g/mol. The third kappa shape index (κ3) is 4.17. The molecule has 7 heteroatoms. The summed E-state index contributed by atoms with van der Waals surface area (Å²) in [7, 11) is 0. The van der Waals surface area contributed by atoms with Crippen molar-refractivity contribution in [3.63, 3.8) is 0 Å². The van der Waals surface area contributed by atoms with Gasteiger partial charge in [-0.25, -0.2) is 4.98 Å². The van der Waals surface area contributed by atoms with Crippen LogP contribution >= 0.6 is 11.8 Å². The van der Waals surface area contributed by atoms with Crippen molar-refractivity contribution in [3.8, 4) is 0 Å². The molecule has 1 amide bonds. The molecule has 94 valence electrons. The molecule has 0 unspecified atom stereocenters. The maximum atomic E-state index is 11.6. The van der Waals surface area contributed by atoms with E-state index in [1.54, 1.807) is 12.4 Å². The van der Waals surface area contributed by atoms with Gasteiger partial charge in [0.2, 0.25) is 5.91 Å². The van der Waals surface area contributed by atoms with Crippen LogP contribution in [-0.2, 0) is 11.2 Å². The lowest BCUT2D eigenvalue weighted by molar-refractivity contribution is -0.118. The Bertz CT molecular complexity index is 473. The van der Waals surface area contributed by atoms with Crippen LogP contribution in [0.2, 0.25) is 0 Å². The van der Waals surface area contributed by atoms with Gasteiger partial charge in [0.15, 0.2) is 0 Å². The first-order valence-corrected chi connectivity index (χ1v) is 6.47. The molecule has 2 aromatic heterocycles. The molecule has 2 rings (SSSR count). The Labute approximate surface area is 109 Å². The van der Waals surface area contributed by atoms with Crippen LogP contribution in [0.4, 0.5) is 0 Å². The fourth-order valence-corrected chi connectivity index (χ4v) is 2.02. The van der Waals surface area contributed by atoms with Gasteiger partial charge in [0.05, 0.1) is 5.75 Å². The molecule has 0 fully saturated rings. The Morgan fingerprint density at radius 2 is 2.22 bits per heavy atom. The van der Waals surface area contributed by atoms with Gasteiger partial charge in [0, 0.05) is 30.3 Å². The van der Waals surface area contributed by atoms with Crippen LogP contribution in [0.1, 0.15) is 5.82 Å². The van der Waals surface area contributed by atoms with Crippen molar-refractivity contribution in [1.82, 2.24) is 25.5 Å². The van der Waals surface area contributed by atoms with Gasteiger partial charge in [0.1, 0.15) is 12.2 Å². The Balaban J connectivity index is 1.63. The highest BCUT2D eigenvalue weighted by Crippen LogP contribution is 2.15. The molecule has 2 heterocycles. The normalized spacial score (nSPS) is 10.2. The van der Waals surface area contributed by atoms with Crippen LogP contribution in [0.3, 0.4) is 0 Å². The number of hydrogen-bond donors (Lipinski definition) is 2. The number of rotatable bonds is 6. The molecule has 0 aliphatic heterocycles. The number of aromatic amines is 1. The Kier molecular flexibility index (Phi) is 4.71. The molecule has 0 aliphatic carbocycles. The van der Waals surface area contributed by atoms with Crippen LogP contribution < -0.4 is 5.32 Å². The molecular formula is C11H13N5OS. The molecular weight excluding hydrogens is 250 g/mol. The molecule has 0 radical (unpaired) electrons. The van der Waals surface area contributed by atoms with Gasteiger partial charge < -0.3 is 5.32 Å². The van der Waals surface area contributed by atoms with Gasteiger partial charge in [0.25, 0.3) is 0 Å². The Hall–Kier alpha value is -1.89. The predicted molar refractivity (Wildman–Crippen MR) is 68.1 cm³/mol. The summed E-state index contributed by atoms with van der Waals surface area (Å²) in [5, 5.41) is 9.31. The third-order valence-corrected chi connectivity index (χ3v) is 3.18. The van der Waals surface area contributed by atoms with Crippen molar-refractivity contribution in [2.45, 2.75) is 11.3 Å². The first-order chi connectivity index (χ1) is 8.84. The SMILES string of the molecule is O=C(CSc1ccncc1)NCCc1ncn[nH]1. The highest BCUT2D eigenvalue weighted by atomic mass is 32.2. The van der Waals surface area contributed by atoms with E-state index in [1.165, 1.54) is 18.1 Å². The smallest absolute Gasteiger partial charge is 0.230 e. The van der Waals surface area contributed by atoms with E-state index < -0.39 is 0 Å². The maximum Gasteiger partial charge on any atom is 0.230 e. The molecule has 6 nitrogen and oxygen atoms in total. The van der Waals surface area contributed by atoms with Gasteiger partial charge in [-0.3, -0.25) is 14.9 Å². The zero-order chi connectivity index (χ0) is 12.6. The Morgan fingerprint density at radius 3 is 2.94 bits per heavy atom. The molecule has 0 aliphatic rings. The lowest BCUT2D eigenvalue weighted by Crippen LogP contribution is -2.27. The molecule has 0 saturated carbocycles. The summed E-state index contributed by atoms with van der Waals surface area (Å²) in [6.45, 7) is 0.560. The number of thioether (sulfide) groups is 1. The summed E-state index contributed by atoms with van der Waals surface area (Å²) >= 11 is 1.49. The number of carbonyl (C=O) groups is 1. The summed E-state index contributed by atoms with van der Waals surface area (Å²) in [4.78, 5) is 20.5. The largest absolute Gasteiger partial charge is 0.355 e. The van der Waals surface area contributed by atoms with Gasteiger partial charge in [-0.15, -0.1) is 11.8 Å². The first kappa shape index (κ1) is 12.6. The first-order valence-electron chi connectivity index (χ1n) is 5.48. The average Bonchev–Trinajstić information content (AvgIpc) is 2.91. The van der Waals surface area contributed by atoms with E-state index in [0.29, 0.717) is 18.7 Å². The van der Waals surface area contributed by atoms with Crippen LogP contribution in [0.25, 0.3) is 0 Å². The zero-order valence-corrected chi connectivity index (χ0v) is 10.5. The van der Waals surface area contributed by atoms with E-state index in [1.807, 2.05) is 12.1 Å². The zero-order valence-electron chi connectivity index (χ0n) is 9.67. The minimum Gasteiger partial charge on any atom is -0.355 e. The Morgan fingerprint density at radius 1 is 1.39 bits per heavy atom. The number of pyridine rings is 1. The van der Waals surface area contributed by atoms with E-state index in [0.717, 1.165) is 10.7 Å². The lowest BCUT2D eigenvalue weighted by Gasteiger charge is -2.03. The topological polar surface area (TPSA) is 83.6 Å². The van der Waals surface area contributed by atoms with E-state index >= 15 is 0 Å². The van der Waals surface area contributed by atoms with E-state index in [4.69, 9.17) is 0 Å². The lowest BCUT2D eigenvalue weighted by atomic mass is 10.4. The van der Waals surface area contributed by atoms with Crippen molar-refractivity contribution >= 4 is 17.7 Å². The minimum absolute atomic E-state index is 0.0105. The van der Waals surface area contributed by atoms with E-state index in [9.17, 15) is 4.79 Å². The molecule has 0 saturated heterocycles. The third-order valence-electron chi connectivity index (χ3n) is 2.17. The molecule has 2 aromatic rings. The van der Waals surface area contributed by atoms with Gasteiger partial charge >= 0.3 is 0 Å². The van der Waals surface area contributed by atoms with Gasteiger partial charge in [-0.1, -0.05) is 0 Å². The number of H-pyrrole nitrogens is 1. The standard InChI is InChI=1S/C11H13N5OS/c17-11(7-18-9-1-4-12-5-2-9)13-6-3-10-14-8-15-16-10/h1-2,4-5,8H,3,6-7H2,(H,13,17)(H,14,15,16). The number of hydrogen-bond acceptors (Lipinski definition) is 5. The molecule has 18 heavy (non-hydrogen) atoms. The minimum atomic E-state index is 0.0105. The number of nitrogens with one attached hydrogen (secondary N) is 2. The molecule has 2 N–H and O–H groups in total. The molecule has 0 bridgehead atoms. The van der Waals surface area contributed by atoms with Crippen LogP contribution in [-0.4, -0.2) is 38.4 Å².